The Hall–Kier alpha value is -3.12. The second kappa shape index (κ2) is 7.63. The van der Waals surface area contributed by atoms with Crippen LogP contribution in [0.3, 0.4) is 0 Å². The van der Waals surface area contributed by atoms with Crippen LogP contribution in [0.2, 0.25) is 0 Å². The van der Waals surface area contributed by atoms with E-state index >= 15 is 0 Å². The number of halogens is 1. The largest absolute Gasteiger partial charge is 0.439 e. The van der Waals surface area contributed by atoms with Gasteiger partial charge < -0.3 is 4.74 Å². The number of ether oxygens (including phenoxy) is 1. The molecule has 0 aliphatic heterocycles. The van der Waals surface area contributed by atoms with Gasteiger partial charge in [0.25, 0.3) is 5.56 Å². The van der Waals surface area contributed by atoms with Gasteiger partial charge in [-0.15, -0.1) is 0 Å². The molecule has 0 bridgehead atoms. The molecule has 0 saturated heterocycles. The first-order valence-corrected chi connectivity index (χ1v) is 9.19. The van der Waals surface area contributed by atoms with Crippen molar-refractivity contribution in [3.63, 3.8) is 0 Å². The Bertz CT molecular complexity index is 1120. The number of imidazole rings is 1. The number of hydrogen-bond donors (Lipinski definition) is 0. The summed E-state index contributed by atoms with van der Waals surface area (Å²) in [6, 6.07) is 20.6. The molecule has 0 amide bonds. The van der Waals surface area contributed by atoms with Gasteiger partial charge in [0.1, 0.15) is 5.75 Å². The van der Waals surface area contributed by atoms with Gasteiger partial charge in [0.15, 0.2) is 0 Å². The lowest BCUT2D eigenvalue weighted by molar-refractivity contribution is 0.436. The van der Waals surface area contributed by atoms with E-state index in [9.17, 15) is 4.79 Å². The van der Waals surface area contributed by atoms with Crippen LogP contribution in [0.15, 0.2) is 94.7 Å². The fourth-order valence-corrected chi connectivity index (χ4v) is 3.09. The van der Waals surface area contributed by atoms with Crippen LogP contribution in [-0.2, 0) is 6.54 Å². The number of para-hydroxylation sites is 1. The quantitative estimate of drug-likeness (QED) is 0.471. The zero-order chi connectivity index (χ0) is 18.6. The van der Waals surface area contributed by atoms with Crippen molar-refractivity contribution in [3.8, 4) is 17.3 Å². The minimum absolute atomic E-state index is 0.0677. The van der Waals surface area contributed by atoms with E-state index in [2.05, 4.69) is 20.9 Å². The van der Waals surface area contributed by atoms with E-state index in [1.807, 2.05) is 59.2 Å². The van der Waals surface area contributed by atoms with Gasteiger partial charge in [-0.1, -0.05) is 40.2 Å². The molecule has 2 aromatic heterocycles. The molecule has 4 aromatic rings. The maximum absolute atomic E-state index is 12.2. The Morgan fingerprint density at radius 1 is 0.963 bits per heavy atom. The van der Waals surface area contributed by atoms with E-state index in [0.29, 0.717) is 12.4 Å². The Labute approximate surface area is 164 Å². The highest BCUT2D eigenvalue weighted by molar-refractivity contribution is 9.10. The van der Waals surface area contributed by atoms with Crippen molar-refractivity contribution in [3.05, 3.63) is 106 Å². The third-order valence-electron chi connectivity index (χ3n) is 4.12. The topological polar surface area (TPSA) is 49.0 Å². The zero-order valence-corrected chi connectivity index (χ0v) is 15.9. The standard InChI is InChI=1S/C21H16BrN3O2/c22-17-8-10-18(11-9-17)27-21-13-23-15-24(21)14-16-5-1-2-6-19(16)25-12-4-3-7-20(25)26/h1-13,15H,14H2. The molecular formula is C21H16BrN3O2. The summed E-state index contributed by atoms with van der Waals surface area (Å²) in [6.45, 7) is 0.531. The van der Waals surface area contributed by atoms with Gasteiger partial charge in [-0.3, -0.25) is 13.9 Å². The lowest BCUT2D eigenvalue weighted by atomic mass is 10.1. The predicted molar refractivity (Wildman–Crippen MR) is 108 cm³/mol. The second-order valence-electron chi connectivity index (χ2n) is 5.95. The molecule has 4 rings (SSSR count). The number of benzene rings is 2. The van der Waals surface area contributed by atoms with Crippen molar-refractivity contribution < 1.29 is 4.74 Å². The van der Waals surface area contributed by atoms with Crippen LogP contribution in [0.5, 0.6) is 11.6 Å². The molecule has 0 atom stereocenters. The number of aromatic nitrogens is 3. The van der Waals surface area contributed by atoms with Gasteiger partial charge in [0.05, 0.1) is 24.8 Å². The molecule has 134 valence electrons. The third-order valence-corrected chi connectivity index (χ3v) is 4.65. The second-order valence-corrected chi connectivity index (χ2v) is 6.87. The van der Waals surface area contributed by atoms with E-state index in [4.69, 9.17) is 4.74 Å². The van der Waals surface area contributed by atoms with Crippen molar-refractivity contribution in [2.24, 2.45) is 0 Å². The van der Waals surface area contributed by atoms with E-state index in [1.165, 1.54) is 0 Å². The fraction of sp³-hybridized carbons (Fsp3) is 0.0476. The van der Waals surface area contributed by atoms with Crippen LogP contribution in [0.1, 0.15) is 5.56 Å². The molecule has 0 spiro atoms. The van der Waals surface area contributed by atoms with Gasteiger partial charge in [0.2, 0.25) is 5.88 Å². The van der Waals surface area contributed by atoms with Crippen molar-refractivity contribution in [2.75, 3.05) is 0 Å². The summed E-state index contributed by atoms with van der Waals surface area (Å²) in [7, 11) is 0. The number of rotatable bonds is 5. The number of pyridine rings is 1. The van der Waals surface area contributed by atoms with Crippen LogP contribution in [-0.4, -0.2) is 14.1 Å². The minimum Gasteiger partial charge on any atom is -0.439 e. The SMILES string of the molecule is O=c1ccccn1-c1ccccc1Cn1cncc1Oc1ccc(Br)cc1. The molecule has 2 aromatic carbocycles. The Balaban J connectivity index is 1.65. The lowest BCUT2D eigenvalue weighted by Crippen LogP contribution is -2.17. The Morgan fingerprint density at radius 3 is 2.56 bits per heavy atom. The molecular weight excluding hydrogens is 406 g/mol. The van der Waals surface area contributed by atoms with Crippen LogP contribution in [0.25, 0.3) is 5.69 Å². The van der Waals surface area contributed by atoms with Crippen LogP contribution in [0, 0.1) is 0 Å². The van der Waals surface area contributed by atoms with Gasteiger partial charge in [-0.25, -0.2) is 4.98 Å². The summed E-state index contributed by atoms with van der Waals surface area (Å²) in [4.78, 5) is 16.4. The lowest BCUT2D eigenvalue weighted by Gasteiger charge is -2.14. The van der Waals surface area contributed by atoms with Crippen LogP contribution < -0.4 is 10.3 Å². The van der Waals surface area contributed by atoms with Gasteiger partial charge >= 0.3 is 0 Å². The molecule has 0 unspecified atom stereocenters. The summed E-state index contributed by atoms with van der Waals surface area (Å²) < 4.78 is 10.5. The Kier molecular flexibility index (Phi) is 4.89. The first kappa shape index (κ1) is 17.3. The van der Waals surface area contributed by atoms with Crippen LogP contribution >= 0.6 is 15.9 Å². The normalized spacial score (nSPS) is 10.7. The summed E-state index contributed by atoms with van der Waals surface area (Å²) in [5.74, 6) is 1.36. The summed E-state index contributed by atoms with van der Waals surface area (Å²) >= 11 is 3.42. The maximum Gasteiger partial charge on any atom is 0.255 e. The van der Waals surface area contributed by atoms with Gasteiger partial charge in [0, 0.05) is 16.7 Å². The van der Waals surface area contributed by atoms with Crippen molar-refractivity contribution in [1.82, 2.24) is 14.1 Å². The molecule has 0 aliphatic carbocycles. The molecule has 6 heteroatoms. The molecule has 0 fully saturated rings. The van der Waals surface area contributed by atoms with E-state index < -0.39 is 0 Å². The molecule has 5 nitrogen and oxygen atoms in total. The average Bonchev–Trinajstić information content (AvgIpc) is 3.11. The number of nitrogens with zero attached hydrogens (tertiary/aromatic N) is 3. The van der Waals surface area contributed by atoms with Crippen LogP contribution in [0.4, 0.5) is 0 Å². The first-order valence-electron chi connectivity index (χ1n) is 8.40. The van der Waals surface area contributed by atoms with E-state index in [-0.39, 0.29) is 5.56 Å². The smallest absolute Gasteiger partial charge is 0.255 e. The fourth-order valence-electron chi connectivity index (χ4n) is 2.83. The minimum atomic E-state index is -0.0677. The van der Waals surface area contributed by atoms with E-state index in [0.717, 1.165) is 21.5 Å². The maximum atomic E-state index is 12.2. The first-order chi connectivity index (χ1) is 13.2. The molecule has 2 heterocycles. The Morgan fingerprint density at radius 2 is 1.74 bits per heavy atom. The predicted octanol–water partition coefficient (Wildman–Crippen LogP) is 4.64. The highest BCUT2D eigenvalue weighted by atomic mass is 79.9. The highest BCUT2D eigenvalue weighted by Crippen LogP contribution is 2.24. The van der Waals surface area contributed by atoms with Gasteiger partial charge in [-0.05, 0) is 42.0 Å². The molecule has 27 heavy (non-hydrogen) atoms. The van der Waals surface area contributed by atoms with Crippen molar-refractivity contribution >= 4 is 15.9 Å². The van der Waals surface area contributed by atoms with Crippen molar-refractivity contribution in [2.45, 2.75) is 6.54 Å². The zero-order valence-electron chi connectivity index (χ0n) is 14.3. The molecule has 0 aliphatic rings. The highest BCUT2D eigenvalue weighted by Gasteiger charge is 2.10. The van der Waals surface area contributed by atoms with Gasteiger partial charge in [-0.2, -0.15) is 0 Å². The summed E-state index contributed by atoms with van der Waals surface area (Å²) in [6.07, 6.45) is 5.17. The average molecular weight is 422 g/mol. The summed E-state index contributed by atoms with van der Waals surface area (Å²) in [5, 5.41) is 0. The van der Waals surface area contributed by atoms with Crippen molar-refractivity contribution in [1.29, 1.82) is 0 Å². The van der Waals surface area contributed by atoms with E-state index in [1.54, 1.807) is 35.4 Å². The summed E-state index contributed by atoms with van der Waals surface area (Å²) in [5.41, 5.74) is 1.76. The molecule has 0 radical (unpaired) electrons. The molecule has 0 N–H and O–H groups in total. The monoisotopic (exact) mass is 421 g/mol. The molecule has 0 saturated carbocycles. The number of hydrogen-bond acceptors (Lipinski definition) is 3. The third kappa shape index (κ3) is 3.85.